The van der Waals surface area contributed by atoms with Crippen LogP contribution in [-0.2, 0) is 9.59 Å². The van der Waals surface area contributed by atoms with Crippen LogP contribution in [0.4, 0.5) is 0 Å². The SMILES string of the molecule is O=C1C2=CCCCC2N2C3CCCCC3C(=O)N12. The molecule has 4 nitrogen and oxygen atoms in total. The molecule has 3 unspecified atom stereocenters. The van der Waals surface area contributed by atoms with Gasteiger partial charge in [-0.15, -0.1) is 0 Å². The highest BCUT2D eigenvalue weighted by molar-refractivity contribution is 6.08. The van der Waals surface area contributed by atoms with Crippen molar-refractivity contribution in [3.05, 3.63) is 11.6 Å². The number of carbonyl (C=O) groups excluding carboxylic acids is 2. The number of hydrazine groups is 1. The molecule has 2 saturated heterocycles. The van der Waals surface area contributed by atoms with Gasteiger partial charge in [0.25, 0.3) is 5.91 Å². The molecule has 0 aromatic rings. The van der Waals surface area contributed by atoms with Crippen molar-refractivity contribution in [3.8, 4) is 0 Å². The summed E-state index contributed by atoms with van der Waals surface area (Å²) in [7, 11) is 0. The first-order valence-electron chi connectivity index (χ1n) is 7.15. The van der Waals surface area contributed by atoms with Gasteiger partial charge in [0.05, 0.1) is 12.0 Å². The second-order valence-corrected chi connectivity index (χ2v) is 5.90. The average molecular weight is 246 g/mol. The topological polar surface area (TPSA) is 40.6 Å². The summed E-state index contributed by atoms with van der Waals surface area (Å²) in [6, 6.07) is 0.493. The van der Waals surface area contributed by atoms with Crippen LogP contribution in [0.5, 0.6) is 0 Å². The Morgan fingerprint density at radius 2 is 1.89 bits per heavy atom. The lowest BCUT2D eigenvalue weighted by atomic mass is 9.83. The van der Waals surface area contributed by atoms with E-state index in [0.29, 0.717) is 6.04 Å². The largest absolute Gasteiger partial charge is 0.273 e. The normalized spacial score (nSPS) is 39.4. The summed E-state index contributed by atoms with van der Waals surface area (Å²) in [5.74, 6) is 0.130. The highest BCUT2D eigenvalue weighted by atomic mass is 16.2. The van der Waals surface area contributed by atoms with E-state index < -0.39 is 0 Å². The summed E-state index contributed by atoms with van der Waals surface area (Å²) in [5.41, 5.74) is 0.888. The summed E-state index contributed by atoms with van der Waals surface area (Å²) in [4.78, 5) is 24.8. The van der Waals surface area contributed by atoms with Gasteiger partial charge in [-0.05, 0) is 32.1 Å². The lowest BCUT2D eigenvalue weighted by molar-refractivity contribution is -0.150. The maximum absolute atomic E-state index is 12.4. The van der Waals surface area contributed by atoms with Gasteiger partial charge in [0.1, 0.15) is 0 Å². The van der Waals surface area contributed by atoms with Crippen LogP contribution in [0.2, 0.25) is 0 Å². The fourth-order valence-corrected chi connectivity index (χ4v) is 4.20. The molecule has 2 aliphatic heterocycles. The van der Waals surface area contributed by atoms with Gasteiger partial charge >= 0.3 is 0 Å². The molecule has 2 aliphatic carbocycles. The number of hydrogen-bond acceptors (Lipinski definition) is 3. The zero-order valence-corrected chi connectivity index (χ0v) is 10.5. The Morgan fingerprint density at radius 3 is 2.78 bits per heavy atom. The Kier molecular flexibility index (Phi) is 2.19. The number of imide groups is 1. The van der Waals surface area contributed by atoms with Gasteiger partial charge in [-0.2, -0.15) is 5.01 Å². The third-order valence-electron chi connectivity index (χ3n) is 4.99. The number of amides is 2. The summed E-state index contributed by atoms with van der Waals surface area (Å²) in [6.45, 7) is 0. The van der Waals surface area contributed by atoms with Crippen LogP contribution in [0, 0.1) is 5.92 Å². The molecule has 18 heavy (non-hydrogen) atoms. The van der Waals surface area contributed by atoms with Gasteiger partial charge in [-0.3, -0.25) is 9.59 Å². The standard InChI is InChI=1S/C14H18N2O2/c17-13-9-5-1-3-7-11(9)15-12-8-4-2-6-10(12)14(18)16(13)15/h5,10-12H,1-4,6-8H2. The van der Waals surface area contributed by atoms with E-state index in [1.807, 2.05) is 0 Å². The second-order valence-electron chi connectivity index (χ2n) is 5.90. The van der Waals surface area contributed by atoms with Crippen molar-refractivity contribution >= 4 is 11.8 Å². The highest BCUT2D eigenvalue weighted by Gasteiger charge is 2.58. The molecule has 3 atom stereocenters. The molecule has 0 radical (unpaired) electrons. The molecular formula is C14H18N2O2. The zero-order valence-electron chi connectivity index (χ0n) is 10.5. The van der Waals surface area contributed by atoms with E-state index in [9.17, 15) is 9.59 Å². The van der Waals surface area contributed by atoms with Gasteiger partial charge in [0.2, 0.25) is 5.91 Å². The van der Waals surface area contributed by atoms with Crippen molar-refractivity contribution in [3.63, 3.8) is 0 Å². The van der Waals surface area contributed by atoms with Crippen LogP contribution in [0.1, 0.15) is 44.9 Å². The molecule has 4 aliphatic rings. The van der Waals surface area contributed by atoms with E-state index in [0.717, 1.165) is 44.1 Å². The van der Waals surface area contributed by atoms with E-state index in [-0.39, 0.29) is 23.8 Å². The average Bonchev–Trinajstić information content (AvgIpc) is 2.87. The summed E-state index contributed by atoms with van der Waals surface area (Å²) in [6.07, 6.45) is 9.58. The van der Waals surface area contributed by atoms with Gasteiger partial charge in [-0.25, -0.2) is 5.01 Å². The Labute approximate surface area is 107 Å². The number of hydrogen-bond donors (Lipinski definition) is 0. The molecule has 96 valence electrons. The maximum atomic E-state index is 12.4. The fourth-order valence-electron chi connectivity index (χ4n) is 4.20. The predicted molar refractivity (Wildman–Crippen MR) is 65.2 cm³/mol. The molecule has 2 heterocycles. The molecule has 4 heteroatoms. The van der Waals surface area contributed by atoms with Crippen LogP contribution >= 0.6 is 0 Å². The minimum atomic E-state index is -0.0286. The fraction of sp³-hybridized carbons (Fsp3) is 0.714. The van der Waals surface area contributed by atoms with Crippen molar-refractivity contribution < 1.29 is 9.59 Å². The lowest BCUT2D eigenvalue weighted by Gasteiger charge is -2.33. The molecule has 0 aromatic heterocycles. The number of allylic oxidation sites excluding steroid dienone is 1. The molecule has 1 saturated carbocycles. The van der Waals surface area contributed by atoms with Crippen LogP contribution in [-0.4, -0.2) is 33.9 Å². The first kappa shape index (κ1) is 10.7. The molecule has 4 rings (SSSR count). The van der Waals surface area contributed by atoms with Crippen molar-refractivity contribution in [2.24, 2.45) is 5.92 Å². The Bertz CT molecular complexity index is 457. The first-order chi connectivity index (χ1) is 8.79. The van der Waals surface area contributed by atoms with Crippen LogP contribution in [0.15, 0.2) is 11.6 Å². The quantitative estimate of drug-likeness (QED) is 0.610. The van der Waals surface area contributed by atoms with E-state index >= 15 is 0 Å². The molecule has 0 spiro atoms. The van der Waals surface area contributed by atoms with Crippen LogP contribution in [0.3, 0.4) is 0 Å². The van der Waals surface area contributed by atoms with Crippen molar-refractivity contribution in [2.75, 3.05) is 0 Å². The van der Waals surface area contributed by atoms with Crippen LogP contribution < -0.4 is 0 Å². The number of fused-ring (bicyclic) bond motifs is 5. The van der Waals surface area contributed by atoms with E-state index in [1.165, 1.54) is 11.4 Å². The molecule has 0 N–H and O–H groups in total. The van der Waals surface area contributed by atoms with Crippen molar-refractivity contribution in [1.82, 2.24) is 10.0 Å². The van der Waals surface area contributed by atoms with Gasteiger partial charge in [0, 0.05) is 11.6 Å². The Hall–Kier alpha value is -1.16. The Morgan fingerprint density at radius 1 is 1.06 bits per heavy atom. The van der Waals surface area contributed by atoms with Crippen molar-refractivity contribution in [1.29, 1.82) is 0 Å². The second kappa shape index (κ2) is 3.67. The molecule has 0 aromatic carbocycles. The van der Waals surface area contributed by atoms with Gasteiger partial charge in [0.15, 0.2) is 0 Å². The predicted octanol–water partition coefficient (Wildman–Crippen LogP) is 1.62. The molecule has 0 bridgehead atoms. The minimum Gasteiger partial charge on any atom is -0.273 e. The summed E-state index contributed by atoms with van der Waals surface area (Å²) >= 11 is 0. The van der Waals surface area contributed by atoms with Gasteiger partial charge < -0.3 is 0 Å². The maximum Gasteiger partial charge on any atom is 0.272 e. The molecule has 3 fully saturated rings. The third-order valence-corrected chi connectivity index (χ3v) is 4.99. The minimum absolute atomic E-state index is 0.0286. The van der Waals surface area contributed by atoms with Crippen molar-refractivity contribution in [2.45, 2.75) is 57.0 Å². The molecule has 2 amide bonds. The number of carbonyl (C=O) groups is 2. The monoisotopic (exact) mass is 246 g/mol. The van der Waals surface area contributed by atoms with E-state index in [2.05, 4.69) is 11.1 Å². The van der Waals surface area contributed by atoms with Gasteiger partial charge in [-0.1, -0.05) is 18.9 Å². The van der Waals surface area contributed by atoms with E-state index in [1.54, 1.807) is 0 Å². The lowest BCUT2D eigenvalue weighted by Crippen LogP contribution is -2.43. The summed E-state index contributed by atoms with van der Waals surface area (Å²) in [5, 5.41) is 3.63. The number of rotatable bonds is 0. The zero-order chi connectivity index (χ0) is 12.3. The summed E-state index contributed by atoms with van der Waals surface area (Å²) < 4.78 is 0. The highest BCUT2D eigenvalue weighted by Crippen LogP contribution is 2.45. The van der Waals surface area contributed by atoms with E-state index in [4.69, 9.17) is 0 Å². The number of nitrogens with zero attached hydrogens (tertiary/aromatic N) is 2. The van der Waals surface area contributed by atoms with Crippen LogP contribution in [0.25, 0.3) is 0 Å². The first-order valence-corrected chi connectivity index (χ1v) is 7.15. The third kappa shape index (κ3) is 1.19. The Balaban J connectivity index is 1.77. The smallest absolute Gasteiger partial charge is 0.272 e. The molecular weight excluding hydrogens is 228 g/mol.